The first kappa shape index (κ1) is 14.8. The van der Waals surface area contributed by atoms with E-state index in [4.69, 9.17) is 18.6 Å². The van der Waals surface area contributed by atoms with Crippen LogP contribution in [0.2, 0.25) is 0 Å². The molecule has 2 aromatic heterocycles. The van der Waals surface area contributed by atoms with Crippen LogP contribution in [-0.4, -0.2) is 23.7 Å². The van der Waals surface area contributed by atoms with Crippen LogP contribution in [0.1, 0.15) is 5.69 Å². The van der Waals surface area contributed by atoms with E-state index in [9.17, 15) is 4.79 Å². The first-order valence-corrected chi connectivity index (χ1v) is 8.21. The molecule has 0 spiro atoms. The lowest BCUT2D eigenvalue weighted by Gasteiger charge is -2.24. The fraction of sp³-hybridized carbons (Fsp3) is 0.176. The van der Waals surface area contributed by atoms with Gasteiger partial charge in [0.1, 0.15) is 25.2 Å². The smallest absolute Gasteiger partial charge is 0.351 e. The summed E-state index contributed by atoms with van der Waals surface area (Å²) in [5.74, 6) is 1.18. The fourth-order valence-corrected chi connectivity index (χ4v) is 2.92. The third-order valence-corrected chi connectivity index (χ3v) is 4.28. The van der Waals surface area contributed by atoms with Crippen molar-refractivity contribution < 1.29 is 23.4 Å². The number of ether oxygens (including phenoxy) is 3. The van der Waals surface area contributed by atoms with E-state index in [0.717, 1.165) is 4.88 Å². The summed E-state index contributed by atoms with van der Waals surface area (Å²) < 4.78 is 21.7. The predicted molar refractivity (Wildman–Crippen MR) is 86.0 cm³/mol. The molecule has 3 heterocycles. The molecule has 122 valence electrons. The van der Waals surface area contributed by atoms with E-state index in [2.05, 4.69) is 4.98 Å². The van der Waals surface area contributed by atoms with E-state index < -0.39 is 12.1 Å². The van der Waals surface area contributed by atoms with Crippen molar-refractivity contribution in [3.8, 4) is 22.3 Å². The standard InChI is InChI=1S/C17H13NO5S/c19-17(14-10-20-12-4-1-2-5-13(12)23-14)22-9-11-8-21-16(18-11)15-6-3-7-24-15/h1-8,14H,9-10H2/t14-/m1/s1. The van der Waals surface area contributed by atoms with Crippen LogP contribution >= 0.6 is 11.3 Å². The molecule has 1 aliphatic heterocycles. The fourth-order valence-electron chi connectivity index (χ4n) is 2.26. The third-order valence-electron chi connectivity index (χ3n) is 3.42. The number of thiophene rings is 1. The molecule has 0 fully saturated rings. The van der Waals surface area contributed by atoms with Gasteiger partial charge in [-0.15, -0.1) is 11.3 Å². The zero-order valence-electron chi connectivity index (χ0n) is 12.5. The van der Waals surface area contributed by atoms with E-state index in [1.54, 1.807) is 12.1 Å². The zero-order chi connectivity index (χ0) is 16.4. The van der Waals surface area contributed by atoms with Crippen LogP contribution in [0.25, 0.3) is 10.8 Å². The molecule has 24 heavy (non-hydrogen) atoms. The Labute approximate surface area is 141 Å². The first-order valence-electron chi connectivity index (χ1n) is 7.33. The van der Waals surface area contributed by atoms with Gasteiger partial charge in [0.15, 0.2) is 11.5 Å². The molecule has 6 nitrogen and oxygen atoms in total. The summed E-state index contributed by atoms with van der Waals surface area (Å²) in [4.78, 5) is 17.4. The van der Waals surface area contributed by atoms with Crippen molar-refractivity contribution in [3.63, 3.8) is 0 Å². The van der Waals surface area contributed by atoms with E-state index in [-0.39, 0.29) is 13.2 Å². The number of aromatic nitrogens is 1. The molecular weight excluding hydrogens is 330 g/mol. The molecule has 0 saturated carbocycles. The van der Waals surface area contributed by atoms with Crippen molar-refractivity contribution in [3.05, 3.63) is 53.7 Å². The molecule has 0 radical (unpaired) electrons. The molecule has 7 heteroatoms. The van der Waals surface area contributed by atoms with Crippen LogP contribution in [0.4, 0.5) is 0 Å². The molecule has 0 amide bonds. The van der Waals surface area contributed by atoms with Gasteiger partial charge in [-0.25, -0.2) is 9.78 Å². The van der Waals surface area contributed by atoms with E-state index in [1.165, 1.54) is 17.6 Å². The second-order valence-electron chi connectivity index (χ2n) is 5.09. The lowest BCUT2D eigenvalue weighted by atomic mass is 10.2. The van der Waals surface area contributed by atoms with Gasteiger partial charge < -0.3 is 18.6 Å². The van der Waals surface area contributed by atoms with Gasteiger partial charge in [-0.2, -0.15) is 0 Å². The Kier molecular flexibility index (Phi) is 3.92. The Bertz CT molecular complexity index is 842. The van der Waals surface area contributed by atoms with E-state index in [1.807, 2.05) is 29.6 Å². The number of fused-ring (bicyclic) bond motifs is 1. The van der Waals surface area contributed by atoms with Crippen molar-refractivity contribution >= 4 is 17.3 Å². The molecule has 4 rings (SSSR count). The number of nitrogens with zero attached hydrogens (tertiary/aromatic N) is 1. The molecular formula is C17H13NO5S. The van der Waals surface area contributed by atoms with Crippen LogP contribution in [0.5, 0.6) is 11.5 Å². The van der Waals surface area contributed by atoms with Crippen LogP contribution in [0, 0.1) is 0 Å². The van der Waals surface area contributed by atoms with Crippen molar-refractivity contribution in [2.24, 2.45) is 0 Å². The summed E-state index contributed by atoms with van der Waals surface area (Å²) >= 11 is 1.53. The van der Waals surface area contributed by atoms with Gasteiger partial charge in [0, 0.05) is 0 Å². The minimum Gasteiger partial charge on any atom is -0.485 e. The summed E-state index contributed by atoms with van der Waals surface area (Å²) in [7, 11) is 0. The van der Waals surface area contributed by atoms with Crippen molar-refractivity contribution in [1.82, 2.24) is 4.98 Å². The number of carbonyl (C=O) groups is 1. The average molecular weight is 343 g/mol. The van der Waals surface area contributed by atoms with Crippen molar-refractivity contribution in [1.29, 1.82) is 0 Å². The highest BCUT2D eigenvalue weighted by atomic mass is 32.1. The molecule has 0 aliphatic carbocycles. The van der Waals surface area contributed by atoms with Gasteiger partial charge in [0.25, 0.3) is 0 Å². The Morgan fingerprint density at radius 3 is 2.96 bits per heavy atom. The summed E-state index contributed by atoms with van der Waals surface area (Å²) in [6.07, 6.45) is 0.694. The van der Waals surface area contributed by atoms with Crippen LogP contribution in [0.3, 0.4) is 0 Å². The number of oxazole rings is 1. The number of para-hydroxylation sites is 2. The number of benzene rings is 1. The molecule has 0 bridgehead atoms. The number of esters is 1. The molecule has 1 aliphatic rings. The SMILES string of the molecule is O=C(OCc1coc(-c2cccs2)n1)[C@H]1COc2ccccc2O1. The maximum absolute atomic E-state index is 12.1. The third kappa shape index (κ3) is 2.98. The second kappa shape index (κ2) is 6.37. The minimum absolute atomic E-state index is 0.0230. The molecule has 0 N–H and O–H groups in total. The highest BCUT2D eigenvalue weighted by Crippen LogP contribution is 2.31. The highest BCUT2D eigenvalue weighted by molar-refractivity contribution is 7.13. The van der Waals surface area contributed by atoms with Crippen LogP contribution < -0.4 is 9.47 Å². The quantitative estimate of drug-likeness (QED) is 0.677. The van der Waals surface area contributed by atoms with Gasteiger partial charge in [-0.3, -0.25) is 0 Å². The molecule has 1 atom stereocenters. The Morgan fingerprint density at radius 1 is 1.25 bits per heavy atom. The maximum Gasteiger partial charge on any atom is 0.351 e. The Balaban J connectivity index is 1.36. The summed E-state index contributed by atoms with van der Waals surface area (Å²) in [6, 6.07) is 11.0. The second-order valence-corrected chi connectivity index (χ2v) is 6.04. The first-order chi connectivity index (χ1) is 11.8. The van der Waals surface area contributed by atoms with Crippen molar-refractivity contribution in [2.75, 3.05) is 6.61 Å². The van der Waals surface area contributed by atoms with Gasteiger partial charge in [0.2, 0.25) is 12.0 Å². The molecule has 1 aromatic carbocycles. The Morgan fingerprint density at radius 2 is 2.12 bits per heavy atom. The lowest BCUT2D eigenvalue weighted by molar-refractivity contribution is -0.156. The largest absolute Gasteiger partial charge is 0.485 e. The number of carbonyl (C=O) groups excluding carboxylic acids is 1. The van der Waals surface area contributed by atoms with Gasteiger partial charge >= 0.3 is 5.97 Å². The highest BCUT2D eigenvalue weighted by Gasteiger charge is 2.28. The van der Waals surface area contributed by atoms with Gasteiger partial charge in [-0.05, 0) is 23.6 Å². The van der Waals surface area contributed by atoms with Crippen molar-refractivity contribution in [2.45, 2.75) is 12.7 Å². The topological polar surface area (TPSA) is 70.8 Å². The van der Waals surface area contributed by atoms with Crippen LogP contribution in [0.15, 0.2) is 52.5 Å². The zero-order valence-corrected chi connectivity index (χ0v) is 13.3. The summed E-state index contributed by atoms with van der Waals surface area (Å²) in [5.41, 5.74) is 0.545. The predicted octanol–water partition coefficient (Wildman–Crippen LogP) is 3.29. The summed E-state index contributed by atoms with van der Waals surface area (Å²) in [5, 5.41) is 1.94. The van der Waals surface area contributed by atoms with E-state index >= 15 is 0 Å². The Hall–Kier alpha value is -2.80. The average Bonchev–Trinajstić information content (AvgIpc) is 3.30. The minimum atomic E-state index is -0.788. The van der Waals surface area contributed by atoms with E-state index in [0.29, 0.717) is 23.1 Å². The molecule has 3 aromatic rings. The molecule has 0 saturated heterocycles. The monoisotopic (exact) mass is 343 g/mol. The maximum atomic E-state index is 12.1. The summed E-state index contributed by atoms with van der Waals surface area (Å²) in [6.45, 7) is 0.143. The number of hydrogen-bond acceptors (Lipinski definition) is 7. The normalized spacial score (nSPS) is 15.9. The number of rotatable bonds is 4. The number of hydrogen-bond donors (Lipinski definition) is 0. The lowest BCUT2D eigenvalue weighted by Crippen LogP contribution is -2.37. The van der Waals surface area contributed by atoms with Gasteiger partial charge in [0.05, 0.1) is 4.88 Å². The molecule has 0 unspecified atom stereocenters. The van der Waals surface area contributed by atoms with Gasteiger partial charge in [-0.1, -0.05) is 18.2 Å². The van der Waals surface area contributed by atoms with Crippen LogP contribution in [-0.2, 0) is 16.1 Å².